The third kappa shape index (κ3) is 4.13. The third-order valence-corrected chi connectivity index (χ3v) is 5.18. The molecule has 24 heavy (non-hydrogen) atoms. The summed E-state index contributed by atoms with van der Waals surface area (Å²) in [4.78, 5) is 16.8. The average molecular weight is 345 g/mol. The zero-order valence-corrected chi connectivity index (χ0v) is 14.6. The van der Waals surface area contributed by atoms with Crippen molar-refractivity contribution in [2.24, 2.45) is 11.7 Å². The Labute approximate surface area is 146 Å². The molecule has 2 aromatic rings. The lowest BCUT2D eigenvalue weighted by molar-refractivity contribution is -0.122. The van der Waals surface area contributed by atoms with E-state index in [1.54, 1.807) is 16.8 Å². The topological polar surface area (TPSA) is 77.2 Å². The summed E-state index contributed by atoms with van der Waals surface area (Å²) in [6, 6.07) is 7.44. The van der Waals surface area contributed by atoms with Crippen LogP contribution >= 0.6 is 11.3 Å². The van der Waals surface area contributed by atoms with Gasteiger partial charge in [-0.1, -0.05) is 18.9 Å². The van der Waals surface area contributed by atoms with Crippen molar-refractivity contribution in [3.05, 3.63) is 40.8 Å². The van der Waals surface area contributed by atoms with Crippen molar-refractivity contribution in [3.8, 4) is 5.75 Å². The maximum absolute atomic E-state index is 12.6. The number of anilines is 1. The maximum atomic E-state index is 12.6. The minimum Gasteiger partial charge on any atom is -0.487 e. The number of ether oxygens (including phenoxy) is 1. The van der Waals surface area contributed by atoms with Crippen LogP contribution in [0.2, 0.25) is 0 Å². The van der Waals surface area contributed by atoms with Gasteiger partial charge in [-0.15, -0.1) is 11.3 Å². The Hall–Kier alpha value is -1.92. The number of carbonyl (C=O) groups excluding carboxylic acids is 1. The summed E-state index contributed by atoms with van der Waals surface area (Å²) >= 11 is 1.54. The van der Waals surface area contributed by atoms with Crippen molar-refractivity contribution in [2.45, 2.75) is 44.8 Å². The second kappa shape index (κ2) is 7.32. The van der Waals surface area contributed by atoms with Gasteiger partial charge in [0.1, 0.15) is 12.4 Å². The van der Waals surface area contributed by atoms with Crippen molar-refractivity contribution >= 4 is 22.9 Å². The van der Waals surface area contributed by atoms with Crippen molar-refractivity contribution in [3.63, 3.8) is 0 Å². The van der Waals surface area contributed by atoms with E-state index in [1.165, 1.54) is 0 Å². The third-order valence-electron chi connectivity index (χ3n) is 4.54. The van der Waals surface area contributed by atoms with E-state index < -0.39 is 5.54 Å². The lowest BCUT2D eigenvalue weighted by Crippen LogP contribution is -2.51. The van der Waals surface area contributed by atoms with Crippen LogP contribution in [0, 0.1) is 5.92 Å². The minimum atomic E-state index is -0.430. The summed E-state index contributed by atoms with van der Waals surface area (Å²) in [6.45, 7) is 2.40. The number of hydrogen-bond acceptors (Lipinski definition) is 5. The second-order valence-electron chi connectivity index (χ2n) is 6.59. The number of nitrogens with zero attached hydrogens (tertiary/aromatic N) is 1. The highest BCUT2D eigenvalue weighted by Crippen LogP contribution is 2.32. The van der Waals surface area contributed by atoms with E-state index in [4.69, 9.17) is 10.5 Å². The van der Waals surface area contributed by atoms with E-state index in [0.717, 1.165) is 37.1 Å². The number of amides is 1. The molecule has 1 aliphatic carbocycles. The molecule has 1 saturated carbocycles. The van der Waals surface area contributed by atoms with E-state index in [9.17, 15) is 4.79 Å². The fraction of sp³-hybridized carbons (Fsp3) is 0.444. The zero-order chi connectivity index (χ0) is 17.0. The fourth-order valence-corrected chi connectivity index (χ4v) is 3.69. The van der Waals surface area contributed by atoms with Gasteiger partial charge >= 0.3 is 0 Å². The van der Waals surface area contributed by atoms with Gasteiger partial charge in [-0.2, -0.15) is 0 Å². The van der Waals surface area contributed by atoms with Crippen LogP contribution in [-0.4, -0.2) is 16.4 Å². The van der Waals surface area contributed by atoms with Gasteiger partial charge in [-0.25, -0.2) is 4.98 Å². The predicted molar refractivity (Wildman–Crippen MR) is 96.1 cm³/mol. The van der Waals surface area contributed by atoms with E-state index in [0.29, 0.717) is 12.4 Å². The number of carbonyl (C=O) groups is 1. The van der Waals surface area contributed by atoms with Gasteiger partial charge < -0.3 is 15.8 Å². The lowest BCUT2D eigenvalue weighted by atomic mass is 9.74. The lowest BCUT2D eigenvalue weighted by Gasteiger charge is -2.37. The minimum absolute atomic E-state index is 0.00338. The molecule has 3 rings (SSSR count). The Kier molecular flexibility index (Phi) is 5.16. The van der Waals surface area contributed by atoms with Gasteiger partial charge in [0, 0.05) is 22.7 Å². The van der Waals surface area contributed by atoms with Crippen LogP contribution in [0.4, 0.5) is 5.69 Å². The van der Waals surface area contributed by atoms with Gasteiger partial charge in [0.05, 0.1) is 17.1 Å². The Balaban J connectivity index is 1.62. The molecule has 0 radical (unpaired) electrons. The molecular weight excluding hydrogens is 322 g/mol. The molecule has 1 aromatic carbocycles. The molecule has 6 heteroatoms. The average Bonchev–Trinajstić information content (AvgIpc) is 3.06. The molecule has 1 aromatic heterocycles. The van der Waals surface area contributed by atoms with E-state index in [1.807, 2.05) is 36.6 Å². The van der Waals surface area contributed by atoms with E-state index >= 15 is 0 Å². The number of nitrogens with one attached hydrogen (secondary N) is 1. The standard InChI is InChI=1S/C18H23N3O2S/c1-18(19)8-3-2-7-16(18)17(22)21-13-5-4-6-15(9-13)23-10-14-11-24-12-20-14/h4-6,9,11-12,16H,2-3,7-8,10,19H2,1H3,(H,21,22). The molecule has 2 unspecified atom stereocenters. The van der Waals surface area contributed by atoms with Crippen molar-refractivity contribution in [2.75, 3.05) is 5.32 Å². The number of nitrogens with two attached hydrogens (primary N) is 1. The first-order valence-electron chi connectivity index (χ1n) is 8.24. The smallest absolute Gasteiger partial charge is 0.229 e. The number of thiazole rings is 1. The Bertz CT molecular complexity index is 685. The van der Waals surface area contributed by atoms with E-state index in [2.05, 4.69) is 10.3 Å². The normalized spacial score (nSPS) is 23.7. The van der Waals surface area contributed by atoms with E-state index in [-0.39, 0.29) is 11.8 Å². The number of aromatic nitrogens is 1. The Morgan fingerprint density at radius 1 is 1.50 bits per heavy atom. The molecule has 5 nitrogen and oxygen atoms in total. The zero-order valence-electron chi connectivity index (χ0n) is 13.8. The molecule has 1 heterocycles. The van der Waals surface area contributed by atoms with Crippen molar-refractivity contribution in [1.29, 1.82) is 0 Å². The number of hydrogen-bond donors (Lipinski definition) is 2. The molecule has 0 aliphatic heterocycles. The van der Waals surface area contributed by atoms with Crippen LogP contribution in [-0.2, 0) is 11.4 Å². The number of rotatable bonds is 5. The van der Waals surface area contributed by atoms with Crippen LogP contribution < -0.4 is 15.8 Å². The van der Waals surface area contributed by atoms with Gasteiger partial charge in [0.15, 0.2) is 0 Å². The molecule has 1 fully saturated rings. The van der Waals surface area contributed by atoms with Crippen LogP contribution in [0.25, 0.3) is 0 Å². The van der Waals surface area contributed by atoms with Crippen LogP contribution in [0.1, 0.15) is 38.3 Å². The summed E-state index contributed by atoms with van der Waals surface area (Å²) in [7, 11) is 0. The summed E-state index contributed by atoms with van der Waals surface area (Å²) in [6.07, 6.45) is 3.89. The summed E-state index contributed by atoms with van der Waals surface area (Å²) in [5.41, 5.74) is 9.30. The van der Waals surface area contributed by atoms with Crippen LogP contribution in [0.5, 0.6) is 5.75 Å². The van der Waals surface area contributed by atoms with Crippen LogP contribution in [0.3, 0.4) is 0 Å². The largest absolute Gasteiger partial charge is 0.487 e. The highest BCUT2D eigenvalue weighted by Gasteiger charge is 2.37. The first-order chi connectivity index (χ1) is 11.5. The molecule has 0 saturated heterocycles. The molecule has 1 aliphatic rings. The monoisotopic (exact) mass is 345 g/mol. The molecule has 1 amide bonds. The van der Waals surface area contributed by atoms with Crippen molar-refractivity contribution < 1.29 is 9.53 Å². The molecule has 0 spiro atoms. The first-order valence-corrected chi connectivity index (χ1v) is 9.18. The number of benzene rings is 1. The SMILES string of the molecule is CC1(N)CCCCC1C(=O)Nc1cccc(OCc2cscn2)c1. The van der Waals surface area contributed by atoms with Gasteiger partial charge in [0.2, 0.25) is 5.91 Å². The predicted octanol–water partition coefficient (Wildman–Crippen LogP) is 3.57. The summed E-state index contributed by atoms with van der Waals surface area (Å²) in [5, 5.41) is 4.94. The molecule has 128 valence electrons. The molecular formula is C18H23N3O2S. The quantitative estimate of drug-likeness (QED) is 0.868. The van der Waals surface area contributed by atoms with Crippen LogP contribution in [0.15, 0.2) is 35.2 Å². The Morgan fingerprint density at radius 3 is 3.12 bits per heavy atom. The second-order valence-corrected chi connectivity index (χ2v) is 7.31. The Morgan fingerprint density at radius 2 is 2.38 bits per heavy atom. The molecule has 2 atom stereocenters. The summed E-state index contributed by atoms with van der Waals surface area (Å²) in [5.74, 6) is 0.558. The van der Waals surface area contributed by atoms with Gasteiger partial charge in [-0.05, 0) is 31.9 Å². The highest BCUT2D eigenvalue weighted by molar-refractivity contribution is 7.07. The fourth-order valence-electron chi connectivity index (χ4n) is 3.15. The highest BCUT2D eigenvalue weighted by atomic mass is 32.1. The summed E-state index contributed by atoms with van der Waals surface area (Å²) < 4.78 is 5.73. The van der Waals surface area contributed by atoms with Gasteiger partial charge in [0.25, 0.3) is 0 Å². The first kappa shape index (κ1) is 16.9. The molecule has 3 N–H and O–H groups in total. The van der Waals surface area contributed by atoms with Gasteiger partial charge in [-0.3, -0.25) is 4.79 Å². The molecule has 0 bridgehead atoms. The maximum Gasteiger partial charge on any atom is 0.229 e. The van der Waals surface area contributed by atoms with Crippen molar-refractivity contribution in [1.82, 2.24) is 4.98 Å².